The maximum absolute atomic E-state index is 12.4. The molecule has 23 heavy (non-hydrogen) atoms. The first kappa shape index (κ1) is 16.0. The van der Waals surface area contributed by atoms with Crippen molar-refractivity contribution in [1.29, 1.82) is 0 Å². The summed E-state index contributed by atoms with van der Waals surface area (Å²) in [6, 6.07) is 9.30. The number of hydrogen-bond acceptors (Lipinski definition) is 4. The first-order valence-corrected chi connectivity index (χ1v) is 9.33. The third kappa shape index (κ3) is 3.24. The van der Waals surface area contributed by atoms with Crippen molar-refractivity contribution < 1.29 is 23.1 Å². The van der Waals surface area contributed by atoms with Gasteiger partial charge in [0.1, 0.15) is 0 Å². The molecular weight excluding hydrogens is 318 g/mol. The van der Waals surface area contributed by atoms with Gasteiger partial charge in [0.05, 0.1) is 17.4 Å². The van der Waals surface area contributed by atoms with E-state index in [1.165, 1.54) is 0 Å². The van der Waals surface area contributed by atoms with Crippen LogP contribution in [0.2, 0.25) is 0 Å². The fraction of sp³-hybridized carbons (Fsp3) is 0.500. The Balaban J connectivity index is 1.71. The molecule has 0 aromatic heterocycles. The zero-order chi connectivity index (χ0) is 16.6. The molecule has 0 saturated carbocycles. The van der Waals surface area contributed by atoms with Gasteiger partial charge in [-0.1, -0.05) is 30.3 Å². The molecule has 1 N–H and O–H groups in total. The summed E-state index contributed by atoms with van der Waals surface area (Å²) in [6.45, 7) is 0.530. The van der Waals surface area contributed by atoms with E-state index in [4.69, 9.17) is 5.11 Å². The van der Waals surface area contributed by atoms with Crippen LogP contribution < -0.4 is 0 Å². The number of rotatable bonds is 4. The number of carboxylic acid groups (broad SMARTS) is 1. The van der Waals surface area contributed by atoms with Crippen molar-refractivity contribution in [1.82, 2.24) is 4.90 Å². The Kier molecular flexibility index (Phi) is 4.14. The van der Waals surface area contributed by atoms with Crippen LogP contribution in [0.25, 0.3) is 0 Å². The predicted octanol–water partition coefficient (Wildman–Crippen LogP) is 0.575. The highest BCUT2D eigenvalue weighted by Gasteiger charge is 2.53. The SMILES string of the molecule is O=C(O)C[C@@H]1CS(=O)(=O)[C@H]2CN(C(=O)Cc3ccccc3)C[C@@H]12. The van der Waals surface area contributed by atoms with Crippen LogP contribution in [-0.2, 0) is 25.8 Å². The molecule has 0 aliphatic carbocycles. The average Bonchev–Trinajstić information content (AvgIpc) is 3.00. The minimum absolute atomic E-state index is 0.0741. The lowest BCUT2D eigenvalue weighted by atomic mass is 9.90. The number of amides is 1. The quantitative estimate of drug-likeness (QED) is 0.867. The van der Waals surface area contributed by atoms with Crippen molar-refractivity contribution in [3.05, 3.63) is 35.9 Å². The van der Waals surface area contributed by atoms with Crippen molar-refractivity contribution in [2.24, 2.45) is 11.8 Å². The van der Waals surface area contributed by atoms with Gasteiger partial charge >= 0.3 is 5.97 Å². The Morgan fingerprint density at radius 1 is 1.17 bits per heavy atom. The van der Waals surface area contributed by atoms with Crippen LogP contribution in [0, 0.1) is 11.8 Å². The van der Waals surface area contributed by atoms with E-state index >= 15 is 0 Å². The second-order valence-corrected chi connectivity index (χ2v) is 8.62. The maximum Gasteiger partial charge on any atom is 0.303 e. The highest BCUT2D eigenvalue weighted by atomic mass is 32.2. The molecule has 2 aliphatic heterocycles. The first-order valence-electron chi connectivity index (χ1n) is 7.62. The lowest BCUT2D eigenvalue weighted by Crippen LogP contribution is -2.33. The second kappa shape index (κ2) is 5.96. The van der Waals surface area contributed by atoms with Gasteiger partial charge in [-0.3, -0.25) is 9.59 Å². The number of sulfone groups is 1. The zero-order valence-electron chi connectivity index (χ0n) is 12.6. The van der Waals surface area contributed by atoms with Crippen LogP contribution in [0.15, 0.2) is 30.3 Å². The van der Waals surface area contributed by atoms with Crippen LogP contribution in [0.5, 0.6) is 0 Å². The molecule has 2 saturated heterocycles. The van der Waals surface area contributed by atoms with Gasteiger partial charge < -0.3 is 10.0 Å². The number of aliphatic carboxylic acids is 1. The summed E-state index contributed by atoms with van der Waals surface area (Å²) >= 11 is 0. The Morgan fingerprint density at radius 3 is 2.52 bits per heavy atom. The molecule has 3 rings (SSSR count). The molecular formula is C16H19NO5S. The third-order valence-electron chi connectivity index (χ3n) is 4.81. The van der Waals surface area contributed by atoms with E-state index < -0.39 is 27.0 Å². The third-order valence-corrected chi connectivity index (χ3v) is 7.12. The van der Waals surface area contributed by atoms with E-state index in [9.17, 15) is 18.0 Å². The largest absolute Gasteiger partial charge is 0.481 e. The Bertz CT molecular complexity index is 715. The molecule has 1 aromatic carbocycles. The van der Waals surface area contributed by atoms with Crippen molar-refractivity contribution in [3.8, 4) is 0 Å². The number of benzene rings is 1. The van der Waals surface area contributed by atoms with Crippen molar-refractivity contribution in [3.63, 3.8) is 0 Å². The van der Waals surface area contributed by atoms with E-state index in [0.29, 0.717) is 6.54 Å². The molecule has 2 aliphatic rings. The topological polar surface area (TPSA) is 91.8 Å². The van der Waals surface area contributed by atoms with Crippen molar-refractivity contribution in [2.45, 2.75) is 18.1 Å². The first-order chi connectivity index (χ1) is 10.9. The monoisotopic (exact) mass is 337 g/mol. The zero-order valence-corrected chi connectivity index (χ0v) is 13.4. The van der Waals surface area contributed by atoms with Gasteiger partial charge in [-0.05, 0) is 17.4 Å². The second-order valence-electron chi connectivity index (χ2n) is 6.35. The number of carbonyl (C=O) groups is 2. The van der Waals surface area contributed by atoms with Crippen molar-refractivity contribution in [2.75, 3.05) is 18.8 Å². The van der Waals surface area contributed by atoms with Crippen LogP contribution in [-0.4, -0.2) is 54.4 Å². The minimum atomic E-state index is -3.32. The molecule has 0 bridgehead atoms. The summed E-state index contributed by atoms with van der Waals surface area (Å²) in [4.78, 5) is 24.9. The van der Waals surface area contributed by atoms with Gasteiger partial charge in [-0.25, -0.2) is 8.42 Å². The fourth-order valence-electron chi connectivity index (χ4n) is 3.70. The van der Waals surface area contributed by atoms with Crippen LogP contribution >= 0.6 is 0 Å². The number of carbonyl (C=O) groups excluding carboxylic acids is 1. The molecule has 7 heteroatoms. The molecule has 2 heterocycles. The number of hydrogen-bond donors (Lipinski definition) is 1. The molecule has 2 fully saturated rings. The van der Waals surface area contributed by atoms with Gasteiger partial charge in [0.25, 0.3) is 0 Å². The number of likely N-dealkylation sites (tertiary alicyclic amines) is 1. The molecule has 0 spiro atoms. The van der Waals surface area contributed by atoms with Crippen LogP contribution in [0.4, 0.5) is 0 Å². The predicted molar refractivity (Wildman–Crippen MR) is 83.5 cm³/mol. The number of carboxylic acids is 1. The van der Waals surface area contributed by atoms with Gasteiger partial charge in [-0.2, -0.15) is 0 Å². The lowest BCUT2D eigenvalue weighted by molar-refractivity contribution is -0.138. The van der Waals surface area contributed by atoms with E-state index in [1.54, 1.807) is 4.90 Å². The average molecular weight is 337 g/mol. The summed E-state index contributed by atoms with van der Waals surface area (Å²) in [6.07, 6.45) is 0.0883. The van der Waals surface area contributed by atoms with Crippen molar-refractivity contribution >= 4 is 21.7 Å². The van der Waals surface area contributed by atoms with Gasteiger partial charge in [0.2, 0.25) is 5.91 Å². The normalized spacial score (nSPS) is 28.5. The molecule has 3 atom stereocenters. The summed E-state index contributed by atoms with van der Waals surface area (Å²) in [5.74, 6) is -1.81. The minimum Gasteiger partial charge on any atom is -0.481 e. The Morgan fingerprint density at radius 2 is 1.87 bits per heavy atom. The number of nitrogens with zero attached hydrogens (tertiary/aromatic N) is 1. The van der Waals surface area contributed by atoms with Crippen LogP contribution in [0.3, 0.4) is 0 Å². The Labute approximate surface area is 135 Å². The summed E-state index contributed by atoms with van der Waals surface area (Å²) < 4.78 is 24.5. The van der Waals surface area contributed by atoms with E-state index in [-0.39, 0.29) is 37.0 Å². The molecule has 124 valence electrons. The molecule has 6 nitrogen and oxygen atoms in total. The molecule has 1 amide bonds. The summed E-state index contributed by atoms with van der Waals surface area (Å²) in [5, 5.41) is 8.35. The van der Waals surface area contributed by atoms with E-state index in [0.717, 1.165) is 5.56 Å². The smallest absolute Gasteiger partial charge is 0.303 e. The highest BCUT2D eigenvalue weighted by molar-refractivity contribution is 7.92. The summed E-state index contributed by atoms with van der Waals surface area (Å²) in [7, 11) is -3.32. The maximum atomic E-state index is 12.4. The Hall–Kier alpha value is -1.89. The fourth-order valence-corrected chi connectivity index (χ4v) is 6.15. The highest BCUT2D eigenvalue weighted by Crippen LogP contribution is 2.39. The molecule has 0 radical (unpaired) electrons. The van der Waals surface area contributed by atoms with E-state index in [2.05, 4.69) is 0 Å². The van der Waals surface area contributed by atoms with Gasteiger partial charge in [0.15, 0.2) is 9.84 Å². The number of fused-ring (bicyclic) bond motifs is 1. The van der Waals surface area contributed by atoms with Gasteiger partial charge in [0, 0.05) is 19.5 Å². The standard InChI is InChI=1S/C16H19NO5S/c18-15(6-11-4-2-1-3-5-11)17-8-13-12(7-16(19)20)10-23(21,22)14(13)9-17/h1-5,12-14H,6-10H2,(H,19,20)/t12-,13+,14+/m1/s1. The molecule has 1 aromatic rings. The van der Waals surface area contributed by atoms with E-state index in [1.807, 2.05) is 30.3 Å². The van der Waals surface area contributed by atoms with Crippen LogP contribution in [0.1, 0.15) is 12.0 Å². The van der Waals surface area contributed by atoms with Gasteiger partial charge in [-0.15, -0.1) is 0 Å². The summed E-state index contributed by atoms with van der Waals surface area (Å²) in [5.41, 5.74) is 0.888. The lowest BCUT2D eigenvalue weighted by Gasteiger charge is -2.19. The molecule has 0 unspecified atom stereocenters.